The van der Waals surface area contributed by atoms with Crippen molar-refractivity contribution >= 4 is 35.0 Å². The van der Waals surface area contributed by atoms with E-state index in [4.69, 9.17) is 4.74 Å². The molecule has 198 valence electrons. The first-order valence-corrected chi connectivity index (χ1v) is 13.5. The van der Waals surface area contributed by atoms with Gasteiger partial charge in [-0.1, -0.05) is 12.1 Å². The van der Waals surface area contributed by atoms with Gasteiger partial charge >= 0.3 is 0 Å². The predicted molar refractivity (Wildman–Crippen MR) is 138 cm³/mol. The molecule has 4 rings (SSSR count). The zero-order valence-corrected chi connectivity index (χ0v) is 21.9. The summed E-state index contributed by atoms with van der Waals surface area (Å²) in [6.07, 6.45) is 2.72. The molecule has 3 heterocycles. The topological polar surface area (TPSA) is 130 Å². The van der Waals surface area contributed by atoms with Crippen molar-refractivity contribution in [1.82, 2.24) is 25.8 Å². The van der Waals surface area contributed by atoms with Crippen LogP contribution >= 0.6 is 11.3 Å². The summed E-state index contributed by atoms with van der Waals surface area (Å²) in [5, 5.41) is 11.2. The summed E-state index contributed by atoms with van der Waals surface area (Å²) in [7, 11) is 0. The molecule has 2 aliphatic heterocycles. The average Bonchev–Trinajstić information content (AvgIpc) is 3.52. The van der Waals surface area contributed by atoms with Crippen molar-refractivity contribution in [3.63, 3.8) is 0 Å². The second-order valence-corrected chi connectivity index (χ2v) is 10.4. The molecule has 0 bridgehead atoms. The van der Waals surface area contributed by atoms with Gasteiger partial charge in [0.25, 0.3) is 5.91 Å². The quantitative estimate of drug-likeness (QED) is 0.507. The van der Waals surface area contributed by atoms with Gasteiger partial charge in [-0.25, -0.2) is 4.98 Å². The highest BCUT2D eigenvalue weighted by Gasteiger charge is 2.34. The van der Waals surface area contributed by atoms with E-state index in [2.05, 4.69) is 20.9 Å². The van der Waals surface area contributed by atoms with E-state index in [1.54, 1.807) is 47.4 Å². The van der Waals surface area contributed by atoms with E-state index >= 15 is 0 Å². The Kier molecular flexibility index (Phi) is 8.75. The Morgan fingerprint density at radius 1 is 1.24 bits per heavy atom. The van der Waals surface area contributed by atoms with Gasteiger partial charge in [-0.15, -0.1) is 11.3 Å². The fraction of sp³-hybridized carbons (Fsp3) is 0.500. The molecular weight excluding hydrogens is 494 g/mol. The minimum Gasteiger partial charge on any atom is -0.491 e. The first-order chi connectivity index (χ1) is 17.8. The maximum atomic E-state index is 13.2. The number of aryl methyl sites for hydroxylation is 2. The monoisotopic (exact) mass is 527 g/mol. The molecule has 1 saturated heterocycles. The number of thiazole rings is 1. The maximum absolute atomic E-state index is 13.2. The summed E-state index contributed by atoms with van der Waals surface area (Å²) < 4.78 is 5.99. The highest BCUT2D eigenvalue weighted by atomic mass is 32.1. The molecule has 11 heteroatoms. The van der Waals surface area contributed by atoms with Gasteiger partial charge in [0.2, 0.25) is 17.7 Å². The molecule has 0 spiro atoms. The van der Waals surface area contributed by atoms with Gasteiger partial charge in [-0.3, -0.25) is 19.2 Å². The number of benzene rings is 1. The van der Waals surface area contributed by atoms with E-state index in [1.165, 1.54) is 0 Å². The molecule has 37 heavy (non-hydrogen) atoms. The number of para-hydroxylation sites is 1. The van der Waals surface area contributed by atoms with Crippen LogP contribution in [-0.2, 0) is 20.8 Å². The number of aromatic nitrogens is 1. The highest BCUT2D eigenvalue weighted by molar-refractivity contribution is 7.09. The Hall–Kier alpha value is -3.47. The summed E-state index contributed by atoms with van der Waals surface area (Å²) in [6, 6.07) is 4.75. The van der Waals surface area contributed by atoms with Crippen LogP contribution in [-0.4, -0.2) is 71.3 Å². The summed E-state index contributed by atoms with van der Waals surface area (Å²) in [6.45, 7) is 4.76. The van der Waals surface area contributed by atoms with Gasteiger partial charge in [0.1, 0.15) is 24.4 Å². The van der Waals surface area contributed by atoms with Crippen LogP contribution in [0.15, 0.2) is 29.6 Å². The Morgan fingerprint density at radius 3 is 2.84 bits per heavy atom. The Bertz CT molecular complexity index is 1150. The van der Waals surface area contributed by atoms with E-state index in [9.17, 15) is 19.2 Å². The Morgan fingerprint density at radius 2 is 2.05 bits per heavy atom. The van der Waals surface area contributed by atoms with Crippen LogP contribution < -0.4 is 20.7 Å². The van der Waals surface area contributed by atoms with Crippen LogP contribution in [0.4, 0.5) is 0 Å². The number of nitrogens with zero attached hydrogens (tertiary/aromatic N) is 2. The summed E-state index contributed by atoms with van der Waals surface area (Å²) in [5.74, 6) is -1.29. The van der Waals surface area contributed by atoms with Crippen molar-refractivity contribution in [1.29, 1.82) is 0 Å². The number of fused-ring (bicyclic) bond motifs is 2. The molecule has 1 aromatic heterocycles. The number of amides is 4. The first-order valence-electron chi connectivity index (χ1n) is 12.6. The lowest BCUT2D eigenvalue weighted by molar-refractivity contribution is -0.137. The van der Waals surface area contributed by atoms with E-state index in [-0.39, 0.29) is 30.5 Å². The number of rotatable bonds is 5. The van der Waals surface area contributed by atoms with Crippen molar-refractivity contribution in [3.05, 3.63) is 45.9 Å². The Labute approximate surface area is 220 Å². The standard InChI is InChI=1S/C26H33N5O5S/c1-16-15-37-23(28-16)10-5-11-27-25(34)20-13-22(32)29-17(2)26(35)31-12-6-7-18(31)14-36-21-9-4-3-8-19(21)24(33)30-20/h3-4,8-9,15,17-18,20H,5-7,10-14H2,1-2H3,(H,27,34)(H,29,32)(H,30,33)/t17-,18+,20-/m0/s1. The third-order valence-corrected chi connectivity index (χ3v) is 7.54. The molecule has 0 saturated carbocycles. The van der Waals surface area contributed by atoms with Crippen molar-refractivity contribution in [2.24, 2.45) is 0 Å². The number of carbonyl (C=O) groups excluding carboxylic acids is 4. The molecule has 1 fully saturated rings. The molecule has 10 nitrogen and oxygen atoms in total. The van der Waals surface area contributed by atoms with Crippen LogP contribution in [0.2, 0.25) is 0 Å². The average molecular weight is 528 g/mol. The van der Waals surface area contributed by atoms with Gasteiger partial charge in [0.05, 0.1) is 23.0 Å². The third-order valence-electron chi connectivity index (χ3n) is 6.52. The molecule has 1 aromatic carbocycles. The highest BCUT2D eigenvalue weighted by Crippen LogP contribution is 2.23. The Balaban J connectivity index is 1.48. The van der Waals surface area contributed by atoms with Crippen LogP contribution in [0.3, 0.4) is 0 Å². The van der Waals surface area contributed by atoms with Crippen LogP contribution in [0.5, 0.6) is 5.75 Å². The van der Waals surface area contributed by atoms with Crippen molar-refractivity contribution in [3.8, 4) is 5.75 Å². The lowest BCUT2D eigenvalue weighted by Gasteiger charge is -2.29. The molecule has 2 aliphatic rings. The molecule has 4 amide bonds. The predicted octanol–water partition coefficient (Wildman–Crippen LogP) is 1.58. The molecule has 0 aliphatic carbocycles. The van der Waals surface area contributed by atoms with Crippen molar-refractivity contribution < 1.29 is 23.9 Å². The van der Waals surface area contributed by atoms with Crippen molar-refractivity contribution in [2.45, 2.75) is 64.1 Å². The molecule has 3 N–H and O–H groups in total. The van der Waals surface area contributed by atoms with E-state index in [1.807, 2.05) is 12.3 Å². The second-order valence-electron chi connectivity index (χ2n) is 9.43. The fourth-order valence-electron chi connectivity index (χ4n) is 4.60. The minimum absolute atomic E-state index is 0.141. The zero-order valence-electron chi connectivity index (χ0n) is 21.1. The van der Waals surface area contributed by atoms with Gasteiger partial charge in [0, 0.05) is 30.6 Å². The van der Waals surface area contributed by atoms with Gasteiger partial charge in [0.15, 0.2) is 0 Å². The summed E-state index contributed by atoms with van der Waals surface area (Å²) in [5.41, 5.74) is 1.23. The van der Waals surface area contributed by atoms with Crippen LogP contribution in [0, 0.1) is 6.92 Å². The third kappa shape index (κ3) is 6.85. The molecule has 0 radical (unpaired) electrons. The smallest absolute Gasteiger partial charge is 0.255 e. The van der Waals surface area contributed by atoms with E-state index < -0.39 is 29.8 Å². The molecule has 3 atom stereocenters. The number of hydrogen-bond acceptors (Lipinski definition) is 7. The largest absolute Gasteiger partial charge is 0.491 e. The lowest BCUT2D eigenvalue weighted by atomic mass is 10.1. The molecule has 2 aromatic rings. The summed E-state index contributed by atoms with van der Waals surface area (Å²) in [4.78, 5) is 58.2. The van der Waals surface area contributed by atoms with Crippen LogP contribution in [0.25, 0.3) is 0 Å². The zero-order chi connectivity index (χ0) is 26.4. The van der Waals surface area contributed by atoms with E-state index in [0.29, 0.717) is 25.3 Å². The summed E-state index contributed by atoms with van der Waals surface area (Å²) >= 11 is 1.58. The minimum atomic E-state index is -1.12. The number of ether oxygens (including phenoxy) is 1. The van der Waals surface area contributed by atoms with Gasteiger partial charge < -0.3 is 25.6 Å². The molecule has 0 unspecified atom stereocenters. The number of nitrogens with one attached hydrogen (secondary N) is 3. The van der Waals surface area contributed by atoms with Crippen LogP contribution in [0.1, 0.15) is 53.7 Å². The first kappa shape index (κ1) is 26.6. The van der Waals surface area contributed by atoms with Gasteiger partial charge in [-0.2, -0.15) is 0 Å². The van der Waals surface area contributed by atoms with Gasteiger partial charge in [-0.05, 0) is 45.2 Å². The molecular formula is C26H33N5O5S. The maximum Gasteiger partial charge on any atom is 0.255 e. The van der Waals surface area contributed by atoms with E-state index in [0.717, 1.165) is 30.0 Å². The normalized spacial score (nSPS) is 22.7. The number of carbonyl (C=O) groups is 4. The number of hydrogen-bond donors (Lipinski definition) is 3. The van der Waals surface area contributed by atoms with Crippen molar-refractivity contribution in [2.75, 3.05) is 19.7 Å². The SMILES string of the molecule is Cc1csc(CCCNC(=O)[C@@H]2CC(=O)N[C@@H](C)C(=O)N3CCC[C@@H]3COc3ccccc3C(=O)N2)n1. The second kappa shape index (κ2) is 12.2. The fourth-order valence-corrected chi connectivity index (χ4v) is 5.42. The lowest BCUT2D eigenvalue weighted by Crippen LogP contribution is -2.53.